The summed E-state index contributed by atoms with van der Waals surface area (Å²) in [7, 11) is 1.73. The first kappa shape index (κ1) is 19.0. The molecule has 3 aromatic rings. The second-order valence-corrected chi connectivity index (χ2v) is 8.07. The largest absolute Gasteiger partial charge is 0.396 e. The Kier molecular flexibility index (Phi) is 4.47. The third-order valence-corrected chi connectivity index (χ3v) is 6.76. The second kappa shape index (κ2) is 7.06. The number of nitrogens with zero attached hydrogens (tertiary/aromatic N) is 2. The highest BCUT2D eigenvalue weighted by Gasteiger charge is 2.68. The van der Waals surface area contributed by atoms with Crippen molar-refractivity contribution >= 4 is 11.6 Å². The van der Waals surface area contributed by atoms with Gasteiger partial charge in [0.2, 0.25) is 0 Å². The molecule has 1 saturated heterocycles. The van der Waals surface area contributed by atoms with Gasteiger partial charge in [0.1, 0.15) is 0 Å². The molecule has 4 atom stereocenters. The minimum Gasteiger partial charge on any atom is -0.396 e. The highest BCUT2D eigenvalue weighted by molar-refractivity contribution is 6.08. The van der Waals surface area contributed by atoms with Crippen molar-refractivity contribution in [2.75, 3.05) is 18.6 Å². The van der Waals surface area contributed by atoms with E-state index < -0.39 is 17.5 Å². The van der Waals surface area contributed by atoms with Gasteiger partial charge in [-0.3, -0.25) is 4.79 Å². The number of hydrogen-bond acceptors (Lipinski definition) is 4. The van der Waals surface area contributed by atoms with Crippen LogP contribution >= 0.6 is 0 Å². The maximum Gasteiger partial charge on any atom is 0.254 e. The minimum atomic E-state index is -1.35. The van der Waals surface area contributed by atoms with Crippen molar-refractivity contribution in [2.24, 2.45) is 5.92 Å². The summed E-state index contributed by atoms with van der Waals surface area (Å²) < 4.78 is 0. The third-order valence-electron chi connectivity index (χ3n) is 6.76. The Morgan fingerprint density at radius 1 is 0.867 bits per heavy atom. The summed E-state index contributed by atoms with van der Waals surface area (Å²) >= 11 is 0. The van der Waals surface area contributed by atoms with Crippen LogP contribution in [0.1, 0.15) is 28.7 Å². The number of fused-ring (bicyclic) bond motifs is 2. The lowest BCUT2D eigenvalue weighted by Crippen LogP contribution is -2.52. The average molecular weight is 400 g/mol. The Labute approximate surface area is 175 Å². The fraction of sp³-hybridized carbons (Fsp3) is 0.240. The van der Waals surface area contributed by atoms with Crippen molar-refractivity contribution < 1.29 is 15.1 Å². The molecular formula is C25H24N2O3. The van der Waals surface area contributed by atoms with Gasteiger partial charge in [-0.05, 0) is 17.2 Å². The van der Waals surface area contributed by atoms with E-state index in [-0.39, 0.29) is 18.4 Å². The van der Waals surface area contributed by atoms with E-state index in [0.717, 1.165) is 22.4 Å². The predicted octanol–water partition coefficient (Wildman–Crippen LogP) is 3.70. The standard InChI is InChI=1S/C25H24N2O3/c1-26-21-15-9-8-14-19(21)25(24(26)29)20(16-28)22(17-10-4-2-5-11-17)23(27(25)30)18-12-6-3-7-13-18/h2-15,20,22-23,28,30H,16H2,1H3/t20-,22-,23+,25-/m1/s1. The summed E-state index contributed by atoms with van der Waals surface area (Å²) in [4.78, 5) is 15.3. The first-order valence-corrected chi connectivity index (χ1v) is 10.2. The van der Waals surface area contributed by atoms with Crippen LogP contribution in [0.2, 0.25) is 0 Å². The highest BCUT2D eigenvalue weighted by atomic mass is 16.5. The van der Waals surface area contributed by atoms with Crippen LogP contribution in [0.3, 0.4) is 0 Å². The molecule has 0 aromatic heterocycles. The number of hydroxylamine groups is 2. The second-order valence-electron chi connectivity index (χ2n) is 8.07. The van der Waals surface area contributed by atoms with Crippen molar-refractivity contribution in [1.82, 2.24) is 5.06 Å². The van der Waals surface area contributed by atoms with Gasteiger partial charge in [-0.2, -0.15) is 5.06 Å². The Balaban J connectivity index is 1.79. The summed E-state index contributed by atoms with van der Waals surface area (Å²) in [6.07, 6.45) is 0. The quantitative estimate of drug-likeness (QED) is 0.704. The Hall–Kier alpha value is -2.99. The van der Waals surface area contributed by atoms with Crippen LogP contribution in [-0.2, 0) is 10.3 Å². The number of aliphatic hydroxyl groups is 1. The molecule has 5 heteroatoms. The van der Waals surface area contributed by atoms with Crippen LogP contribution in [0, 0.1) is 5.92 Å². The number of carbonyl (C=O) groups excluding carboxylic acids is 1. The zero-order valence-corrected chi connectivity index (χ0v) is 16.7. The number of para-hydroxylation sites is 1. The number of hydrogen-bond donors (Lipinski definition) is 2. The molecule has 2 N–H and O–H groups in total. The van der Waals surface area contributed by atoms with Gasteiger partial charge in [0.15, 0.2) is 5.54 Å². The molecule has 5 rings (SSSR count). The molecule has 3 aromatic carbocycles. The molecular weight excluding hydrogens is 376 g/mol. The first-order chi connectivity index (χ1) is 14.6. The summed E-state index contributed by atoms with van der Waals surface area (Å²) in [5.74, 6) is -1.01. The van der Waals surface area contributed by atoms with E-state index in [2.05, 4.69) is 0 Å². The zero-order valence-electron chi connectivity index (χ0n) is 16.7. The molecule has 0 saturated carbocycles. The summed E-state index contributed by atoms with van der Waals surface area (Å²) in [6, 6.07) is 26.6. The number of carbonyl (C=O) groups is 1. The molecule has 1 fully saturated rings. The van der Waals surface area contributed by atoms with E-state index in [1.165, 1.54) is 5.06 Å². The number of amides is 1. The van der Waals surface area contributed by atoms with Crippen molar-refractivity contribution in [3.63, 3.8) is 0 Å². The smallest absolute Gasteiger partial charge is 0.254 e. The Morgan fingerprint density at radius 3 is 2.07 bits per heavy atom. The fourth-order valence-corrected chi connectivity index (χ4v) is 5.50. The van der Waals surface area contributed by atoms with Crippen LogP contribution in [-0.4, -0.2) is 34.9 Å². The molecule has 30 heavy (non-hydrogen) atoms. The maximum absolute atomic E-state index is 13.7. The zero-order chi connectivity index (χ0) is 20.9. The Bertz CT molecular complexity index is 1070. The van der Waals surface area contributed by atoms with Crippen LogP contribution in [0.15, 0.2) is 84.9 Å². The molecule has 152 valence electrons. The third kappa shape index (κ3) is 2.37. The van der Waals surface area contributed by atoms with Crippen LogP contribution in [0.25, 0.3) is 0 Å². The van der Waals surface area contributed by atoms with Gasteiger partial charge in [-0.1, -0.05) is 78.9 Å². The molecule has 1 amide bonds. The topological polar surface area (TPSA) is 64.0 Å². The number of rotatable bonds is 3. The average Bonchev–Trinajstić information content (AvgIpc) is 3.20. The van der Waals surface area contributed by atoms with E-state index in [0.29, 0.717) is 0 Å². The number of benzene rings is 3. The number of aliphatic hydroxyl groups excluding tert-OH is 1. The van der Waals surface area contributed by atoms with E-state index in [1.807, 2.05) is 84.9 Å². The number of anilines is 1. The van der Waals surface area contributed by atoms with Crippen LogP contribution in [0.5, 0.6) is 0 Å². The lowest BCUT2D eigenvalue weighted by Gasteiger charge is -2.35. The molecule has 0 aliphatic carbocycles. The van der Waals surface area contributed by atoms with Crippen molar-refractivity contribution in [3.05, 3.63) is 102 Å². The van der Waals surface area contributed by atoms with E-state index >= 15 is 0 Å². The van der Waals surface area contributed by atoms with Gasteiger partial charge in [-0.25, -0.2) is 0 Å². The van der Waals surface area contributed by atoms with E-state index in [4.69, 9.17) is 0 Å². The van der Waals surface area contributed by atoms with Gasteiger partial charge < -0.3 is 15.2 Å². The normalized spacial score (nSPS) is 28.3. The van der Waals surface area contributed by atoms with E-state index in [1.54, 1.807) is 11.9 Å². The van der Waals surface area contributed by atoms with Gasteiger partial charge in [0.25, 0.3) is 5.91 Å². The number of likely N-dealkylation sites (N-methyl/N-ethyl adjacent to an activating group) is 1. The molecule has 2 heterocycles. The van der Waals surface area contributed by atoms with Gasteiger partial charge in [0.05, 0.1) is 6.04 Å². The van der Waals surface area contributed by atoms with Crippen LogP contribution in [0.4, 0.5) is 5.69 Å². The molecule has 5 nitrogen and oxygen atoms in total. The lowest BCUT2D eigenvalue weighted by atomic mass is 9.72. The summed E-state index contributed by atoms with van der Waals surface area (Å²) in [5.41, 5.74) is 2.05. The van der Waals surface area contributed by atoms with Gasteiger partial charge in [-0.15, -0.1) is 0 Å². The first-order valence-electron chi connectivity index (χ1n) is 10.2. The highest BCUT2D eigenvalue weighted by Crippen LogP contribution is 2.62. The Morgan fingerprint density at radius 2 is 1.43 bits per heavy atom. The van der Waals surface area contributed by atoms with E-state index in [9.17, 15) is 15.1 Å². The van der Waals surface area contributed by atoms with Crippen LogP contribution < -0.4 is 4.90 Å². The van der Waals surface area contributed by atoms with Crippen molar-refractivity contribution in [1.29, 1.82) is 0 Å². The van der Waals surface area contributed by atoms with Crippen molar-refractivity contribution in [3.8, 4) is 0 Å². The molecule has 0 radical (unpaired) electrons. The molecule has 0 bridgehead atoms. The van der Waals surface area contributed by atoms with Gasteiger partial charge in [0, 0.05) is 36.7 Å². The molecule has 2 aliphatic rings. The monoisotopic (exact) mass is 400 g/mol. The maximum atomic E-state index is 13.7. The molecule has 0 unspecified atom stereocenters. The molecule has 1 spiro atoms. The summed E-state index contributed by atoms with van der Waals surface area (Å²) in [5, 5.41) is 23.6. The summed E-state index contributed by atoms with van der Waals surface area (Å²) in [6.45, 7) is -0.228. The minimum absolute atomic E-state index is 0.218. The van der Waals surface area contributed by atoms with Gasteiger partial charge >= 0.3 is 0 Å². The fourth-order valence-electron chi connectivity index (χ4n) is 5.50. The lowest BCUT2D eigenvalue weighted by molar-refractivity contribution is -0.193. The molecule has 2 aliphatic heterocycles. The van der Waals surface area contributed by atoms with Crippen molar-refractivity contribution in [2.45, 2.75) is 17.5 Å². The SMILES string of the molecule is CN1C(=O)[C@@]2(c3ccccc31)[C@H](CO)[C@@H](c1ccccc1)[C@H](c1ccccc1)N2O. The predicted molar refractivity (Wildman–Crippen MR) is 114 cm³/mol.